The SMILES string of the molecule is CCN1C(=C2SC(=Nc3ccc(OC)cc3)N(CCc3ccccc3)C2=O)Sc2ccccc21. The molecule has 2 heterocycles. The normalized spacial score (nSPS) is 18.6. The van der Waals surface area contributed by atoms with Gasteiger partial charge in [0.05, 0.1) is 18.5 Å². The van der Waals surface area contributed by atoms with E-state index < -0.39 is 0 Å². The van der Waals surface area contributed by atoms with Crippen molar-refractivity contribution >= 4 is 46.0 Å². The van der Waals surface area contributed by atoms with E-state index in [2.05, 4.69) is 36.1 Å². The monoisotopic (exact) mass is 487 g/mol. The van der Waals surface area contributed by atoms with Gasteiger partial charge in [0.25, 0.3) is 5.91 Å². The Morgan fingerprint density at radius 1 is 0.882 bits per heavy atom. The molecule has 2 aliphatic rings. The highest BCUT2D eigenvalue weighted by atomic mass is 32.2. The summed E-state index contributed by atoms with van der Waals surface area (Å²) in [6.07, 6.45) is 0.766. The molecule has 0 N–H and O–H groups in total. The minimum absolute atomic E-state index is 0.0157. The summed E-state index contributed by atoms with van der Waals surface area (Å²) in [4.78, 5) is 24.6. The highest BCUT2D eigenvalue weighted by Crippen LogP contribution is 2.50. The largest absolute Gasteiger partial charge is 0.497 e. The second-order valence-corrected chi connectivity index (χ2v) is 9.84. The summed E-state index contributed by atoms with van der Waals surface area (Å²) in [7, 11) is 1.65. The third-order valence-electron chi connectivity index (χ3n) is 5.75. The number of fused-ring (bicyclic) bond motifs is 1. The number of benzene rings is 3. The Morgan fingerprint density at radius 3 is 2.35 bits per heavy atom. The van der Waals surface area contributed by atoms with Gasteiger partial charge >= 0.3 is 0 Å². The Labute approximate surface area is 208 Å². The fraction of sp³-hybridized carbons (Fsp3) is 0.185. The molecule has 0 aliphatic carbocycles. The van der Waals surface area contributed by atoms with Gasteiger partial charge in [-0.3, -0.25) is 9.69 Å². The molecule has 0 saturated carbocycles. The quantitative estimate of drug-likeness (QED) is 0.382. The summed E-state index contributed by atoms with van der Waals surface area (Å²) >= 11 is 3.13. The molecule has 1 amide bonds. The molecular formula is C27H25N3O2S2. The average molecular weight is 488 g/mol. The van der Waals surface area contributed by atoms with Crippen molar-refractivity contribution in [3.63, 3.8) is 0 Å². The molecule has 1 fully saturated rings. The van der Waals surface area contributed by atoms with Crippen LogP contribution in [0.3, 0.4) is 0 Å². The van der Waals surface area contributed by atoms with E-state index in [9.17, 15) is 4.79 Å². The number of thioether (sulfide) groups is 2. The predicted molar refractivity (Wildman–Crippen MR) is 142 cm³/mol. The molecule has 34 heavy (non-hydrogen) atoms. The minimum atomic E-state index is 0.0157. The summed E-state index contributed by atoms with van der Waals surface area (Å²) in [5.74, 6) is 0.795. The first kappa shape index (κ1) is 22.6. The second-order valence-electron chi connectivity index (χ2n) is 7.84. The van der Waals surface area contributed by atoms with Crippen LogP contribution < -0.4 is 9.64 Å². The van der Waals surface area contributed by atoms with Crippen LogP contribution in [0.2, 0.25) is 0 Å². The number of rotatable bonds is 6. The van der Waals surface area contributed by atoms with Gasteiger partial charge < -0.3 is 9.64 Å². The molecule has 172 valence electrons. The molecule has 0 radical (unpaired) electrons. The first-order valence-corrected chi connectivity index (χ1v) is 12.9. The van der Waals surface area contributed by atoms with Crippen LogP contribution in [0.25, 0.3) is 0 Å². The van der Waals surface area contributed by atoms with Crippen LogP contribution in [0.15, 0.2) is 98.7 Å². The van der Waals surface area contributed by atoms with Crippen molar-refractivity contribution in [1.29, 1.82) is 0 Å². The van der Waals surface area contributed by atoms with E-state index >= 15 is 0 Å². The van der Waals surface area contributed by atoms with Crippen molar-refractivity contribution in [2.24, 2.45) is 4.99 Å². The van der Waals surface area contributed by atoms with Crippen LogP contribution in [0.5, 0.6) is 5.75 Å². The molecule has 5 rings (SSSR count). The number of para-hydroxylation sites is 1. The standard InChI is InChI=1S/C27H25N3O2S2/c1-3-29-22-11-7-8-12-23(22)33-26(29)24-25(31)30(18-17-19-9-5-4-6-10-19)27(34-24)28-20-13-15-21(32-2)16-14-20/h4-16H,3,17-18H2,1-2H3. The number of ether oxygens (including phenoxy) is 1. The molecular weight excluding hydrogens is 462 g/mol. The zero-order valence-corrected chi connectivity index (χ0v) is 20.7. The molecule has 0 spiro atoms. The van der Waals surface area contributed by atoms with Crippen molar-refractivity contribution in [2.45, 2.75) is 18.2 Å². The zero-order chi connectivity index (χ0) is 23.5. The number of carbonyl (C=O) groups excluding carboxylic acids is 1. The number of amidine groups is 1. The topological polar surface area (TPSA) is 45.1 Å². The zero-order valence-electron chi connectivity index (χ0n) is 19.1. The number of nitrogens with zero attached hydrogens (tertiary/aromatic N) is 3. The summed E-state index contributed by atoms with van der Waals surface area (Å²) in [6, 6.07) is 26.2. The maximum atomic E-state index is 13.7. The van der Waals surface area contributed by atoms with Gasteiger partial charge in [0.2, 0.25) is 0 Å². The molecule has 3 aromatic carbocycles. The molecule has 3 aromatic rings. The van der Waals surface area contributed by atoms with E-state index in [4.69, 9.17) is 9.73 Å². The molecule has 1 saturated heterocycles. The van der Waals surface area contributed by atoms with Gasteiger partial charge in [0, 0.05) is 18.0 Å². The van der Waals surface area contributed by atoms with Gasteiger partial charge in [-0.25, -0.2) is 4.99 Å². The first-order chi connectivity index (χ1) is 16.7. The minimum Gasteiger partial charge on any atom is -0.497 e. The van der Waals surface area contributed by atoms with Gasteiger partial charge in [-0.2, -0.15) is 0 Å². The maximum Gasteiger partial charge on any atom is 0.269 e. The van der Waals surface area contributed by atoms with Gasteiger partial charge in [-0.05, 0) is 67.1 Å². The van der Waals surface area contributed by atoms with Crippen LogP contribution in [-0.2, 0) is 11.2 Å². The molecule has 0 aromatic heterocycles. The summed E-state index contributed by atoms with van der Waals surface area (Å²) in [6.45, 7) is 3.49. The molecule has 5 nitrogen and oxygen atoms in total. The highest BCUT2D eigenvalue weighted by molar-refractivity contribution is 8.19. The van der Waals surface area contributed by atoms with Crippen molar-refractivity contribution in [3.05, 3.63) is 94.4 Å². The second kappa shape index (κ2) is 9.99. The third kappa shape index (κ3) is 4.45. The van der Waals surface area contributed by atoms with Crippen molar-refractivity contribution in [2.75, 3.05) is 25.1 Å². The first-order valence-electron chi connectivity index (χ1n) is 11.2. The number of hydrogen-bond acceptors (Lipinski definition) is 6. The van der Waals surface area contributed by atoms with Gasteiger partial charge in [0.15, 0.2) is 5.17 Å². The van der Waals surface area contributed by atoms with Gasteiger partial charge in [0.1, 0.15) is 15.7 Å². The Morgan fingerprint density at radius 2 is 1.62 bits per heavy atom. The van der Waals surface area contributed by atoms with E-state index in [1.807, 2.05) is 59.5 Å². The Balaban J connectivity index is 1.50. The highest BCUT2D eigenvalue weighted by Gasteiger charge is 2.39. The Hall–Kier alpha value is -3.16. The lowest BCUT2D eigenvalue weighted by atomic mass is 10.1. The summed E-state index contributed by atoms with van der Waals surface area (Å²) < 4.78 is 5.27. The smallest absolute Gasteiger partial charge is 0.269 e. The van der Waals surface area contributed by atoms with Crippen molar-refractivity contribution in [3.8, 4) is 5.75 Å². The number of amides is 1. The fourth-order valence-electron chi connectivity index (χ4n) is 3.99. The Kier molecular flexibility index (Phi) is 6.65. The number of carbonyl (C=O) groups is 1. The summed E-state index contributed by atoms with van der Waals surface area (Å²) in [5.41, 5.74) is 3.15. The molecule has 0 atom stereocenters. The van der Waals surface area contributed by atoms with Crippen molar-refractivity contribution < 1.29 is 9.53 Å². The summed E-state index contributed by atoms with van der Waals surface area (Å²) in [5, 5.41) is 1.70. The number of aliphatic imine (C=N–C) groups is 1. The van der Waals surface area contributed by atoms with E-state index in [-0.39, 0.29) is 5.91 Å². The van der Waals surface area contributed by atoms with E-state index in [1.165, 1.54) is 22.2 Å². The number of hydrogen-bond donors (Lipinski definition) is 0. The molecule has 0 unspecified atom stereocenters. The van der Waals surface area contributed by atoms with Crippen molar-refractivity contribution in [1.82, 2.24) is 4.90 Å². The number of methoxy groups -OCH3 is 1. The van der Waals surface area contributed by atoms with Gasteiger partial charge in [-0.1, -0.05) is 54.2 Å². The van der Waals surface area contributed by atoms with E-state index in [0.717, 1.165) is 40.0 Å². The molecule has 7 heteroatoms. The lowest BCUT2D eigenvalue weighted by Crippen LogP contribution is -2.32. The maximum absolute atomic E-state index is 13.7. The molecule has 0 bridgehead atoms. The van der Waals surface area contributed by atoms with Crippen LogP contribution in [0.4, 0.5) is 11.4 Å². The average Bonchev–Trinajstić information content (AvgIpc) is 3.40. The van der Waals surface area contributed by atoms with E-state index in [0.29, 0.717) is 11.7 Å². The van der Waals surface area contributed by atoms with Crippen LogP contribution in [0, 0.1) is 0 Å². The third-order valence-corrected chi connectivity index (χ3v) is 8.12. The van der Waals surface area contributed by atoms with Crippen LogP contribution >= 0.6 is 23.5 Å². The lowest BCUT2D eigenvalue weighted by Gasteiger charge is -2.19. The fourth-order valence-corrected chi connectivity index (χ4v) is 6.40. The Bertz CT molecular complexity index is 1260. The lowest BCUT2D eigenvalue weighted by molar-refractivity contribution is -0.122. The number of anilines is 1. The van der Waals surface area contributed by atoms with Crippen LogP contribution in [0.1, 0.15) is 12.5 Å². The van der Waals surface area contributed by atoms with Gasteiger partial charge in [-0.15, -0.1) is 0 Å². The van der Waals surface area contributed by atoms with E-state index in [1.54, 1.807) is 18.9 Å². The predicted octanol–water partition coefficient (Wildman–Crippen LogP) is 6.30. The van der Waals surface area contributed by atoms with Crippen LogP contribution in [-0.4, -0.2) is 36.2 Å². The molecule has 2 aliphatic heterocycles.